The molecule has 0 aromatic heterocycles. The Labute approximate surface area is 166 Å². The highest BCUT2D eigenvalue weighted by Crippen LogP contribution is 2.31. The van der Waals surface area contributed by atoms with Crippen molar-refractivity contribution >= 4 is 53.3 Å². The van der Waals surface area contributed by atoms with E-state index in [4.69, 9.17) is 0 Å². The molecule has 0 spiro atoms. The van der Waals surface area contributed by atoms with Crippen LogP contribution in [0.3, 0.4) is 0 Å². The number of anilines is 2. The SMILES string of the molecule is Cc1cc(N2C(=O)C(C)CS2(=O)=O)ccc1S(=O)(=O)Nc1ccc(Br)cc1. The highest BCUT2D eigenvalue weighted by molar-refractivity contribution is 9.10. The number of nitrogens with zero attached hydrogens (tertiary/aromatic N) is 1. The van der Waals surface area contributed by atoms with Crippen LogP contribution in [-0.4, -0.2) is 28.5 Å². The standard InChI is InChI=1S/C17H17BrN2O5S2/c1-11-9-15(20-17(21)12(2)10-26(20,22)23)7-8-16(11)27(24,25)19-14-5-3-13(18)4-6-14/h3-9,12,19H,10H2,1-2H3. The van der Waals surface area contributed by atoms with Crippen LogP contribution < -0.4 is 9.03 Å². The van der Waals surface area contributed by atoms with E-state index in [0.29, 0.717) is 11.3 Å². The summed E-state index contributed by atoms with van der Waals surface area (Å²) >= 11 is 3.28. The quantitative estimate of drug-likeness (QED) is 0.736. The number of amides is 1. The average molecular weight is 473 g/mol. The van der Waals surface area contributed by atoms with Crippen molar-refractivity contribution in [2.75, 3.05) is 14.8 Å². The summed E-state index contributed by atoms with van der Waals surface area (Å²) in [7, 11) is -7.61. The lowest BCUT2D eigenvalue weighted by Crippen LogP contribution is -2.30. The van der Waals surface area contributed by atoms with Crippen molar-refractivity contribution in [3.8, 4) is 0 Å². The summed E-state index contributed by atoms with van der Waals surface area (Å²) in [6, 6.07) is 10.7. The lowest BCUT2D eigenvalue weighted by Gasteiger charge is -2.17. The van der Waals surface area contributed by atoms with Crippen LogP contribution in [-0.2, 0) is 24.8 Å². The van der Waals surface area contributed by atoms with E-state index in [9.17, 15) is 21.6 Å². The van der Waals surface area contributed by atoms with Gasteiger partial charge in [-0.05, 0) is 55.0 Å². The molecule has 7 nitrogen and oxygen atoms in total. The molecule has 0 saturated carbocycles. The predicted molar refractivity (Wildman–Crippen MR) is 107 cm³/mol. The van der Waals surface area contributed by atoms with Crippen LogP contribution in [0.25, 0.3) is 0 Å². The summed E-state index contributed by atoms with van der Waals surface area (Å²) in [6.07, 6.45) is 0. The monoisotopic (exact) mass is 472 g/mol. The average Bonchev–Trinajstić information content (AvgIpc) is 2.76. The van der Waals surface area contributed by atoms with E-state index in [1.165, 1.54) is 18.2 Å². The second-order valence-corrected chi connectivity index (χ2v) is 10.8. The molecule has 1 aliphatic rings. The first-order chi connectivity index (χ1) is 12.5. The maximum Gasteiger partial charge on any atom is 0.262 e. The van der Waals surface area contributed by atoms with Gasteiger partial charge in [0.1, 0.15) is 0 Å². The summed E-state index contributed by atoms with van der Waals surface area (Å²) in [4.78, 5) is 12.2. The third-order valence-corrected chi connectivity index (χ3v) is 8.08. The van der Waals surface area contributed by atoms with Gasteiger partial charge in [-0.15, -0.1) is 0 Å². The molecule has 3 rings (SSSR count). The fourth-order valence-corrected chi connectivity index (χ4v) is 6.24. The molecule has 1 heterocycles. The number of halogens is 1. The number of hydrogen-bond acceptors (Lipinski definition) is 5. The number of aryl methyl sites for hydroxylation is 1. The molecule has 1 saturated heterocycles. The minimum absolute atomic E-state index is 0.00580. The molecular weight excluding hydrogens is 456 g/mol. The summed E-state index contributed by atoms with van der Waals surface area (Å²) in [5.41, 5.74) is 0.872. The Morgan fingerprint density at radius 2 is 1.78 bits per heavy atom. The summed E-state index contributed by atoms with van der Waals surface area (Å²) in [5, 5.41) is 0. The van der Waals surface area contributed by atoms with E-state index in [2.05, 4.69) is 20.7 Å². The second kappa shape index (κ2) is 6.92. The van der Waals surface area contributed by atoms with Crippen LogP contribution in [0, 0.1) is 12.8 Å². The number of rotatable bonds is 4. The van der Waals surface area contributed by atoms with Crippen LogP contribution in [0.5, 0.6) is 0 Å². The maximum atomic E-state index is 12.7. The minimum Gasteiger partial charge on any atom is -0.280 e. The molecule has 2 aromatic carbocycles. The zero-order chi connectivity index (χ0) is 20.0. The van der Waals surface area contributed by atoms with Crippen LogP contribution in [0.15, 0.2) is 51.8 Å². The first-order valence-electron chi connectivity index (χ1n) is 7.97. The molecule has 1 fully saturated rings. The molecule has 27 heavy (non-hydrogen) atoms. The fraction of sp³-hybridized carbons (Fsp3) is 0.235. The largest absolute Gasteiger partial charge is 0.280 e. The van der Waals surface area contributed by atoms with Gasteiger partial charge in [-0.1, -0.05) is 22.9 Å². The Balaban J connectivity index is 1.95. The topological polar surface area (TPSA) is 101 Å². The van der Waals surface area contributed by atoms with Crippen molar-refractivity contribution in [1.29, 1.82) is 0 Å². The van der Waals surface area contributed by atoms with E-state index >= 15 is 0 Å². The van der Waals surface area contributed by atoms with Gasteiger partial charge >= 0.3 is 0 Å². The number of benzene rings is 2. The molecule has 1 aliphatic heterocycles. The molecule has 144 valence electrons. The van der Waals surface area contributed by atoms with E-state index in [1.54, 1.807) is 38.1 Å². The van der Waals surface area contributed by atoms with Crippen molar-refractivity contribution in [3.63, 3.8) is 0 Å². The molecule has 1 unspecified atom stereocenters. The Morgan fingerprint density at radius 1 is 1.15 bits per heavy atom. The third kappa shape index (κ3) is 3.87. The molecule has 0 bridgehead atoms. The van der Waals surface area contributed by atoms with Crippen molar-refractivity contribution in [2.24, 2.45) is 5.92 Å². The second-order valence-electron chi connectivity index (χ2n) is 6.34. The number of sulfonamides is 2. The van der Waals surface area contributed by atoms with E-state index in [-0.39, 0.29) is 16.3 Å². The molecule has 10 heteroatoms. The molecule has 0 aliphatic carbocycles. The van der Waals surface area contributed by atoms with Gasteiger partial charge in [0.25, 0.3) is 10.0 Å². The number of nitrogens with one attached hydrogen (secondary N) is 1. The van der Waals surface area contributed by atoms with Crippen molar-refractivity contribution < 1.29 is 21.6 Å². The van der Waals surface area contributed by atoms with Gasteiger partial charge in [0.05, 0.1) is 22.3 Å². The van der Waals surface area contributed by atoms with Crippen LogP contribution in [0.4, 0.5) is 11.4 Å². The minimum atomic E-state index is -3.87. The fourth-order valence-electron chi connectivity index (χ4n) is 2.88. The first-order valence-corrected chi connectivity index (χ1v) is 11.9. The molecule has 2 aromatic rings. The van der Waals surface area contributed by atoms with E-state index < -0.39 is 31.9 Å². The summed E-state index contributed by atoms with van der Waals surface area (Å²) in [6.45, 7) is 3.10. The van der Waals surface area contributed by atoms with Gasteiger partial charge < -0.3 is 0 Å². The van der Waals surface area contributed by atoms with Gasteiger partial charge in [-0.2, -0.15) is 0 Å². The summed E-state index contributed by atoms with van der Waals surface area (Å²) < 4.78 is 53.8. The van der Waals surface area contributed by atoms with Crippen LogP contribution in [0.2, 0.25) is 0 Å². The van der Waals surface area contributed by atoms with Crippen molar-refractivity contribution in [2.45, 2.75) is 18.7 Å². The highest BCUT2D eigenvalue weighted by atomic mass is 79.9. The number of hydrogen-bond donors (Lipinski definition) is 1. The lowest BCUT2D eigenvalue weighted by atomic mass is 10.2. The first kappa shape index (κ1) is 19.8. The molecule has 1 amide bonds. The third-order valence-electron chi connectivity index (χ3n) is 4.14. The zero-order valence-corrected chi connectivity index (χ0v) is 17.7. The van der Waals surface area contributed by atoms with Crippen molar-refractivity contribution in [3.05, 3.63) is 52.5 Å². The van der Waals surface area contributed by atoms with E-state index in [1.807, 2.05) is 0 Å². The zero-order valence-electron chi connectivity index (χ0n) is 14.5. The van der Waals surface area contributed by atoms with Gasteiger partial charge in [-0.3, -0.25) is 9.52 Å². The smallest absolute Gasteiger partial charge is 0.262 e. The predicted octanol–water partition coefficient (Wildman–Crippen LogP) is 2.87. The molecular formula is C17H17BrN2O5S2. The summed E-state index contributed by atoms with van der Waals surface area (Å²) in [5.74, 6) is -1.40. The number of carbonyl (C=O) groups is 1. The van der Waals surface area contributed by atoms with Crippen LogP contribution in [0.1, 0.15) is 12.5 Å². The van der Waals surface area contributed by atoms with Gasteiger partial charge in [0.2, 0.25) is 15.9 Å². The Hall–Kier alpha value is -1.91. The van der Waals surface area contributed by atoms with Gasteiger partial charge in [0.15, 0.2) is 0 Å². The molecule has 1 atom stereocenters. The maximum absolute atomic E-state index is 12.7. The molecule has 1 N–H and O–H groups in total. The highest BCUT2D eigenvalue weighted by Gasteiger charge is 2.42. The molecule has 0 radical (unpaired) electrons. The lowest BCUT2D eigenvalue weighted by molar-refractivity contribution is -0.119. The van der Waals surface area contributed by atoms with Crippen molar-refractivity contribution in [1.82, 2.24) is 0 Å². The normalized spacial score (nSPS) is 19.3. The van der Waals surface area contributed by atoms with E-state index in [0.717, 1.165) is 8.78 Å². The van der Waals surface area contributed by atoms with Gasteiger partial charge in [0, 0.05) is 10.2 Å². The van der Waals surface area contributed by atoms with Crippen LogP contribution >= 0.6 is 15.9 Å². The Bertz CT molecular complexity index is 1110. The number of carbonyl (C=O) groups excluding carboxylic acids is 1. The Kier molecular flexibility index (Phi) is 5.08. The Morgan fingerprint density at radius 3 is 2.30 bits per heavy atom. The van der Waals surface area contributed by atoms with Gasteiger partial charge in [-0.25, -0.2) is 21.1 Å².